The van der Waals surface area contributed by atoms with Crippen LogP contribution >= 0.6 is 12.4 Å². The van der Waals surface area contributed by atoms with E-state index >= 15 is 0 Å². The third kappa shape index (κ3) is 4.63. The van der Waals surface area contributed by atoms with Crippen LogP contribution in [0.2, 0.25) is 0 Å². The zero-order chi connectivity index (χ0) is 15.2. The van der Waals surface area contributed by atoms with Crippen LogP contribution in [0.1, 0.15) is 23.0 Å². The molecule has 1 aromatic carbocycles. The molecule has 2 N–H and O–H groups in total. The molecule has 118 valence electrons. The first kappa shape index (κ1) is 17.8. The Morgan fingerprint density at radius 3 is 2.45 bits per heavy atom. The first-order valence-corrected chi connectivity index (χ1v) is 6.79. The molecule has 2 rings (SSSR count). The van der Waals surface area contributed by atoms with E-state index in [1.165, 1.54) is 6.20 Å². The SMILES string of the molecule is CCOc1ccc(CN(C)C(=O)c2ccc(N)cn2)cc1.Cl. The summed E-state index contributed by atoms with van der Waals surface area (Å²) >= 11 is 0. The van der Waals surface area contributed by atoms with Crippen molar-refractivity contribution in [2.45, 2.75) is 13.5 Å². The number of carbonyl (C=O) groups is 1. The van der Waals surface area contributed by atoms with Crippen LogP contribution in [0.25, 0.3) is 0 Å². The number of halogens is 1. The van der Waals surface area contributed by atoms with Gasteiger partial charge in [0.25, 0.3) is 5.91 Å². The zero-order valence-corrected chi connectivity index (χ0v) is 13.5. The highest BCUT2D eigenvalue weighted by Crippen LogP contribution is 2.14. The van der Waals surface area contributed by atoms with Gasteiger partial charge >= 0.3 is 0 Å². The van der Waals surface area contributed by atoms with Gasteiger partial charge in [-0.1, -0.05) is 12.1 Å². The summed E-state index contributed by atoms with van der Waals surface area (Å²) in [6.45, 7) is 3.10. The molecule has 0 saturated carbocycles. The van der Waals surface area contributed by atoms with Crippen LogP contribution in [0.5, 0.6) is 5.75 Å². The molecule has 22 heavy (non-hydrogen) atoms. The Kier molecular flexibility index (Phi) is 6.66. The summed E-state index contributed by atoms with van der Waals surface area (Å²) in [6.07, 6.45) is 1.48. The molecule has 1 heterocycles. The Bertz CT molecular complexity index is 600. The molecule has 5 nitrogen and oxygen atoms in total. The van der Waals surface area contributed by atoms with E-state index in [1.54, 1.807) is 24.1 Å². The van der Waals surface area contributed by atoms with Crippen LogP contribution in [0.3, 0.4) is 0 Å². The lowest BCUT2D eigenvalue weighted by Gasteiger charge is -2.17. The van der Waals surface area contributed by atoms with Crippen LogP contribution in [-0.4, -0.2) is 29.4 Å². The molecule has 0 aliphatic carbocycles. The number of nitrogens with two attached hydrogens (primary N) is 1. The van der Waals surface area contributed by atoms with Crippen LogP contribution in [0.15, 0.2) is 42.6 Å². The molecule has 1 amide bonds. The summed E-state index contributed by atoms with van der Waals surface area (Å²) in [5.41, 5.74) is 7.53. The molecule has 0 aliphatic rings. The molecule has 0 saturated heterocycles. The highest BCUT2D eigenvalue weighted by atomic mass is 35.5. The highest BCUT2D eigenvalue weighted by molar-refractivity contribution is 5.92. The maximum Gasteiger partial charge on any atom is 0.272 e. The van der Waals surface area contributed by atoms with E-state index in [9.17, 15) is 4.79 Å². The van der Waals surface area contributed by atoms with E-state index in [0.29, 0.717) is 24.5 Å². The van der Waals surface area contributed by atoms with E-state index < -0.39 is 0 Å². The van der Waals surface area contributed by atoms with E-state index in [2.05, 4.69) is 4.98 Å². The Hall–Kier alpha value is -2.27. The minimum Gasteiger partial charge on any atom is -0.494 e. The van der Waals surface area contributed by atoms with E-state index in [4.69, 9.17) is 10.5 Å². The minimum atomic E-state index is -0.135. The first-order valence-electron chi connectivity index (χ1n) is 6.79. The Labute approximate surface area is 136 Å². The van der Waals surface area contributed by atoms with Crippen LogP contribution in [0.4, 0.5) is 5.69 Å². The van der Waals surface area contributed by atoms with Crippen molar-refractivity contribution < 1.29 is 9.53 Å². The number of rotatable bonds is 5. The average molecular weight is 322 g/mol. The molecule has 2 aromatic rings. The van der Waals surface area contributed by atoms with Crippen molar-refractivity contribution in [3.8, 4) is 5.75 Å². The van der Waals surface area contributed by atoms with Gasteiger partial charge < -0.3 is 15.4 Å². The van der Waals surface area contributed by atoms with Crippen molar-refractivity contribution in [3.63, 3.8) is 0 Å². The maximum absolute atomic E-state index is 12.2. The molecule has 0 fully saturated rings. The number of nitrogens with zero attached hydrogens (tertiary/aromatic N) is 2. The first-order chi connectivity index (χ1) is 10.1. The number of ether oxygens (including phenoxy) is 1. The molecule has 1 aromatic heterocycles. The lowest BCUT2D eigenvalue weighted by atomic mass is 10.2. The van der Waals surface area contributed by atoms with Gasteiger partial charge in [-0.3, -0.25) is 4.79 Å². The number of hydrogen-bond acceptors (Lipinski definition) is 4. The summed E-state index contributed by atoms with van der Waals surface area (Å²) in [4.78, 5) is 17.9. The van der Waals surface area contributed by atoms with Gasteiger partial charge in [0.2, 0.25) is 0 Å². The van der Waals surface area contributed by atoms with Gasteiger partial charge in [-0.05, 0) is 36.8 Å². The summed E-state index contributed by atoms with van der Waals surface area (Å²) in [6, 6.07) is 11.0. The van der Waals surface area contributed by atoms with Gasteiger partial charge in [-0.25, -0.2) is 4.98 Å². The average Bonchev–Trinajstić information content (AvgIpc) is 2.49. The predicted molar refractivity (Wildman–Crippen MR) is 89.3 cm³/mol. The second-order valence-electron chi connectivity index (χ2n) is 4.71. The molecular weight excluding hydrogens is 302 g/mol. The second kappa shape index (κ2) is 8.24. The van der Waals surface area contributed by atoms with Crippen LogP contribution < -0.4 is 10.5 Å². The normalized spacial score (nSPS) is 9.73. The lowest BCUT2D eigenvalue weighted by Crippen LogP contribution is -2.26. The van der Waals surface area contributed by atoms with Crippen molar-refractivity contribution in [1.29, 1.82) is 0 Å². The fourth-order valence-corrected chi connectivity index (χ4v) is 1.93. The number of pyridine rings is 1. The van der Waals surface area contributed by atoms with Gasteiger partial charge in [0, 0.05) is 13.6 Å². The summed E-state index contributed by atoms with van der Waals surface area (Å²) in [5, 5.41) is 0. The summed E-state index contributed by atoms with van der Waals surface area (Å²) in [7, 11) is 1.75. The smallest absolute Gasteiger partial charge is 0.272 e. The van der Waals surface area contributed by atoms with Crippen LogP contribution in [-0.2, 0) is 6.54 Å². The third-order valence-electron chi connectivity index (χ3n) is 3.01. The molecule has 0 bridgehead atoms. The molecular formula is C16H20ClN3O2. The van der Waals surface area contributed by atoms with E-state index in [0.717, 1.165) is 11.3 Å². The van der Waals surface area contributed by atoms with Crippen molar-refractivity contribution in [1.82, 2.24) is 9.88 Å². The largest absolute Gasteiger partial charge is 0.494 e. The Morgan fingerprint density at radius 1 is 1.23 bits per heavy atom. The fourth-order valence-electron chi connectivity index (χ4n) is 1.93. The van der Waals surface area contributed by atoms with E-state index in [-0.39, 0.29) is 18.3 Å². The molecule has 0 aliphatic heterocycles. The third-order valence-corrected chi connectivity index (χ3v) is 3.01. The zero-order valence-electron chi connectivity index (χ0n) is 12.7. The summed E-state index contributed by atoms with van der Waals surface area (Å²) < 4.78 is 5.39. The Morgan fingerprint density at radius 2 is 1.91 bits per heavy atom. The molecule has 0 spiro atoms. The van der Waals surface area contributed by atoms with E-state index in [1.807, 2.05) is 31.2 Å². The van der Waals surface area contributed by atoms with Gasteiger partial charge in [-0.2, -0.15) is 0 Å². The van der Waals surface area contributed by atoms with Crippen LogP contribution in [0, 0.1) is 0 Å². The highest BCUT2D eigenvalue weighted by Gasteiger charge is 2.13. The Balaban J connectivity index is 0.00000242. The molecule has 0 radical (unpaired) electrons. The molecule has 0 atom stereocenters. The quantitative estimate of drug-likeness (QED) is 0.919. The van der Waals surface area contributed by atoms with Gasteiger partial charge in [0.15, 0.2) is 0 Å². The fraction of sp³-hybridized carbons (Fsp3) is 0.250. The lowest BCUT2D eigenvalue weighted by molar-refractivity contribution is 0.0779. The van der Waals surface area contributed by atoms with Crippen molar-refractivity contribution in [2.75, 3.05) is 19.4 Å². The van der Waals surface area contributed by atoms with Crippen molar-refractivity contribution >= 4 is 24.0 Å². The number of anilines is 1. The number of benzene rings is 1. The predicted octanol–water partition coefficient (Wildman–Crippen LogP) is 2.76. The second-order valence-corrected chi connectivity index (χ2v) is 4.71. The number of amides is 1. The maximum atomic E-state index is 12.2. The van der Waals surface area contributed by atoms with Gasteiger partial charge in [0.1, 0.15) is 11.4 Å². The van der Waals surface area contributed by atoms with Gasteiger partial charge in [-0.15, -0.1) is 12.4 Å². The number of carbonyl (C=O) groups excluding carboxylic acids is 1. The number of aromatic nitrogens is 1. The minimum absolute atomic E-state index is 0. The molecule has 0 unspecified atom stereocenters. The standard InChI is InChI=1S/C16H19N3O2.ClH/c1-3-21-14-7-4-12(5-8-14)11-19(2)16(20)15-9-6-13(17)10-18-15;/h4-10H,3,11,17H2,1-2H3;1H. The summed E-state index contributed by atoms with van der Waals surface area (Å²) in [5.74, 6) is 0.694. The number of nitrogen functional groups attached to an aromatic ring is 1. The van der Waals surface area contributed by atoms with Gasteiger partial charge in [0.05, 0.1) is 18.5 Å². The number of hydrogen-bond donors (Lipinski definition) is 1. The molecule has 6 heteroatoms. The van der Waals surface area contributed by atoms with Crippen molar-refractivity contribution in [2.24, 2.45) is 0 Å². The van der Waals surface area contributed by atoms with Crippen molar-refractivity contribution in [3.05, 3.63) is 53.9 Å². The topological polar surface area (TPSA) is 68.5 Å². The monoisotopic (exact) mass is 321 g/mol.